The molecule has 0 aliphatic rings. The van der Waals surface area contributed by atoms with Gasteiger partial charge in [-0.1, -0.05) is 61.0 Å². The molecule has 128 valence electrons. The van der Waals surface area contributed by atoms with E-state index in [1.54, 1.807) is 6.07 Å². The van der Waals surface area contributed by atoms with Crippen LogP contribution in [0.3, 0.4) is 0 Å². The Morgan fingerprint density at radius 1 is 1.12 bits per heavy atom. The highest BCUT2D eigenvalue weighted by molar-refractivity contribution is 6.33. The van der Waals surface area contributed by atoms with Gasteiger partial charge in [0.05, 0.1) is 5.69 Å². The van der Waals surface area contributed by atoms with Gasteiger partial charge in [-0.25, -0.2) is 4.98 Å². The minimum Gasteiger partial charge on any atom is -0.306 e. The molecule has 0 fully saturated rings. The average molecular weight is 354 g/mol. The van der Waals surface area contributed by atoms with Gasteiger partial charge in [-0.05, 0) is 25.2 Å². The van der Waals surface area contributed by atoms with Crippen LogP contribution >= 0.6 is 11.6 Å². The predicted octanol–water partition coefficient (Wildman–Crippen LogP) is 4.21. The maximum absolute atomic E-state index is 12.1. The van der Waals surface area contributed by atoms with Gasteiger partial charge in [-0.3, -0.25) is 4.79 Å². The molecule has 2 aromatic carbocycles. The molecule has 0 amide bonds. The molecular formula is C20H20ClN3O. The van der Waals surface area contributed by atoms with E-state index in [0.717, 1.165) is 24.2 Å². The van der Waals surface area contributed by atoms with Crippen molar-refractivity contribution in [2.75, 3.05) is 13.6 Å². The Labute approximate surface area is 152 Å². The van der Waals surface area contributed by atoms with Crippen LogP contribution in [0.25, 0.3) is 22.6 Å². The maximum Gasteiger partial charge on any atom is 0.251 e. The zero-order chi connectivity index (χ0) is 17.8. The number of H-pyrrole nitrogens is 1. The van der Waals surface area contributed by atoms with Gasteiger partial charge in [0.25, 0.3) is 5.56 Å². The summed E-state index contributed by atoms with van der Waals surface area (Å²) in [5.41, 5.74) is 3.21. The van der Waals surface area contributed by atoms with Crippen LogP contribution in [0, 0.1) is 0 Å². The van der Waals surface area contributed by atoms with E-state index in [1.807, 2.05) is 30.3 Å². The van der Waals surface area contributed by atoms with Gasteiger partial charge >= 0.3 is 0 Å². The third kappa shape index (κ3) is 4.16. The SMILES string of the molecule is CCN(C)Cc1ccc(-c2nc(-c3ccccc3Cl)cc(=O)[nH]2)cc1. The lowest BCUT2D eigenvalue weighted by Gasteiger charge is -2.14. The van der Waals surface area contributed by atoms with E-state index in [2.05, 4.69) is 41.0 Å². The first kappa shape index (κ1) is 17.4. The third-order valence-electron chi connectivity index (χ3n) is 4.11. The number of aromatic amines is 1. The lowest BCUT2D eigenvalue weighted by Crippen LogP contribution is -2.16. The molecule has 1 N–H and O–H groups in total. The van der Waals surface area contributed by atoms with Crippen molar-refractivity contribution in [1.29, 1.82) is 0 Å². The molecule has 0 unspecified atom stereocenters. The number of benzene rings is 2. The van der Waals surface area contributed by atoms with Crippen molar-refractivity contribution in [1.82, 2.24) is 14.9 Å². The molecule has 0 spiro atoms. The molecule has 0 saturated carbocycles. The molecule has 3 rings (SSSR count). The second-order valence-corrected chi connectivity index (χ2v) is 6.39. The quantitative estimate of drug-likeness (QED) is 0.747. The fourth-order valence-corrected chi connectivity index (χ4v) is 2.83. The fraction of sp³-hybridized carbons (Fsp3) is 0.200. The number of rotatable bonds is 5. The number of hydrogen-bond donors (Lipinski definition) is 1. The zero-order valence-electron chi connectivity index (χ0n) is 14.3. The lowest BCUT2D eigenvalue weighted by atomic mass is 10.1. The summed E-state index contributed by atoms with van der Waals surface area (Å²) >= 11 is 6.24. The van der Waals surface area contributed by atoms with Crippen LogP contribution in [0.4, 0.5) is 0 Å². The molecule has 0 saturated heterocycles. The van der Waals surface area contributed by atoms with Crippen LogP contribution < -0.4 is 5.56 Å². The van der Waals surface area contributed by atoms with E-state index in [9.17, 15) is 4.79 Å². The van der Waals surface area contributed by atoms with Crippen LogP contribution in [-0.2, 0) is 6.54 Å². The summed E-state index contributed by atoms with van der Waals surface area (Å²) in [6.07, 6.45) is 0. The first-order valence-corrected chi connectivity index (χ1v) is 8.58. The molecule has 1 aromatic heterocycles. The van der Waals surface area contributed by atoms with Crippen LogP contribution in [0.1, 0.15) is 12.5 Å². The van der Waals surface area contributed by atoms with Crippen molar-refractivity contribution < 1.29 is 0 Å². The van der Waals surface area contributed by atoms with E-state index < -0.39 is 0 Å². The predicted molar refractivity (Wildman–Crippen MR) is 103 cm³/mol. The van der Waals surface area contributed by atoms with Gasteiger partial charge in [0.2, 0.25) is 0 Å². The standard InChI is InChI=1S/C20H20ClN3O/c1-3-24(2)13-14-8-10-15(11-9-14)20-22-18(12-19(25)23-20)16-6-4-5-7-17(16)21/h4-12H,3,13H2,1-2H3,(H,22,23,25). The second-order valence-electron chi connectivity index (χ2n) is 5.99. The van der Waals surface area contributed by atoms with E-state index in [0.29, 0.717) is 16.5 Å². The third-order valence-corrected chi connectivity index (χ3v) is 4.44. The fourth-order valence-electron chi connectivity index (χ4n) is 2.59. The van der Waals surface area contributed by atoms with Crippen molar-refractivity contribution in [2.24, 2.45) is 0 Å². The van der Waals surface area contributed by atoms with Crippen molar-refractivity contribution in [3.63, 3.8) is 0 Å². The summed E-state index contributed by atoms with van der Waals surface area (Å²) in [6.45, 7) is 4.01. The maximum atomic E-state index is 12.1. The van der Waals surface area contributed by atoms with E-state index in [4.69, 9.17) is 11.6 Å². The normalized spacial score (nSPS) is 11.0. The van der Waals surface area contributed by atoms with Crippen molar-refractivity contribution >= 4 is 11.6 Å². The summed E-state index contributed by atoms with van der Waals surface area (Å²) in [4.78, 5) is 21.7. The van der Waals surface area contributed by atoms with Crippen LogP contribution in [0.15, 0.2) is 59.4 Å². The second kappa shape index (κ2) is 7.64. The van der Waals surface area contributed by atoms with Crippen molar-refractivity contribution in [2.45, 2.75) is 13.5 Å². The number of hydrogen-bond acceptors (Lipinski definition) is 3. The number of nitrogens with zero attached hydrogens (tertiary/aromatic N) is 2. The highest BCUT2D eigenvalue weighted by Crippen LogP contribution is 2.26. The van der Waals surface area contributed by atoms with Gasteiger partial charge in [-0.15, -0.1) is 0 Å². The van der Waals surface area contributed by atoms with Crippen LogP contribution in [0.5, 0.6) is 0 Å². The average Bonchev–Trinajstić information content (AvgIpc) is 2.62. The number of aromatic nitrogens is 2. The smallest absolute Gasteiger partial charge is 0.251 e. The molecule has 3 aromatic rings. The molecule has 0 atom stereocenters. The lowest BCUT2D eigenvalue weighted by molar-refractivity contribution is 0.346. The molecule has 0 aliphatic carbocycles. The highest BCUT2D eigenvalue weighted by atomic mass is 35.5. The molecule has 4 nitrogen and oxygen atoms in total. The van der Waals surface area contributed by atoms with Gasteiger partial charge < -0.3 is 9.88 Å². The topological polar surface area (TPSA) is 49.0 Å². The molecule has 25 heavy (non-hydrogen) atoms. The highest BCUT2D eigenvalue weighted by Gasteiger charge is 2.09. The summed E-state index contributed by atoms with van der Waals surface area (Å²) in [7, 11) is 2.08. The monoisotopic (exact) mass is 353 g/mol. The van der Waals surface area contributed by atoms with E-state index in [-0.39, 0.29) is 5.56 Å². The summed E-state index contributed by atoms with van der Waals surface area (Å²) < 4.78 is 0. The Bertz CT molecular complexity index is 919. The minimum absolute atomic E-state index is 0.199. The largest absolute Gasteiger partial charge is 0.306 e. The van der Waals surface area contributed by atoms with E-state index >= 15 is 0 Å². The summed E-state index contributed by atoms with van der Waals surface area (Å²) in [5, 5.41) is 0.574. The molecule has 0 bridgehead atoms. The first-order valence-electron chi connectivity index (χ1n) is 8.21. The van der Waals surface area contributed by atoms with Gasteiger partial charge in [-0.2, -0.15) is 0 Å². The Kier molecular flexibility index (Phi) is 5.31. The van der Waals surface area contributed by atoms with Crippen LogP contribution in [0.2, 0.25) is 5.02 Å². The Morgan fingerprint density at radius 2 is 1.84 bits per heavy atom. The van der Waals surface area contributed by atoms with Crippen molar-refractivity contribution in [3.8, 4) is 22.6 Å². The molecular weight excluding hydrogens is 334 g/mol. The van der Waals surface area contributed by atoms with Crippen molar-refractivity contribution in [3.05, 3.63) is 75.5 Å². The summed E-state index contributed by atoms with van der Waals surface area (Å²) in [5.74, 6) is 0.540. The first-order chi connectivity index (χ1) is 12.1. The summed E-state index contributed by atoms with van der Waals surface area (Å²) in [6, 6.07) is 16.9. The molecule has 0 radical (unpaired) electrons. The van der Waals surface area contributed by atoms with Gasteiger partial charge in [0.1, 0.15) is 5.82 Å². The number of halogens is 1. The van der Waals surface area contributed by atoms with Gasteiger partial charge in [0, 0.05) is 28.8 Å². The Morgan fingerprint density at radius 3 is 2.52 bits per heavy atom. The molecule has 1 heterocycles. The minimum atomic E-state index is -0.199. The molecule has 0 aliphatic heterocycles. The Hall–Kier alpha value is -2.43. The van der Waals surface area contributed by atoms with Gasteiger partial charge in [0.15, 0.2) is 0 Å². The molecule has 5 heteroatoms. The van der Waals surface area contributed by atoms with Crippen LogP contribution in [-0.4, -0.2) is 28.5 Å². The Balaban J connectivity index is 1.95. The zero-order valence-corrected chi connectivity index (χ0v) is 15.0. The number of nitrogens with one attached hydrogen (secondary N) is 1. The van der Waals surface area contributed by atoms with E-state index in [1.165, 1.54) is 11.6 Å².